The fourth-order valence-electron chi connectivity index (χ4n) is 3.14. The predicted octanol–water partition coefficient (Wildman–Crippen LogP) is 5.89. The van der Waals surface area contributed by atoms with E-state index in [1.807, 2.05) is 97.1 Å². The van der Waals surface area contributed by atoms with Crippen LogP contribution >= 0.6 is 0 Å². The van der Waals surface area contributed by atoms with Gasteiger partial charge in [0, 0.05) is 17.8 Å². The zero-order valence-electron chi connectivity index (χ0n) is 17.3. The molecule has 0 bridgehead atoms. The van der Waals surface area contributed by atoms with Gasteiger partial charge in [0.25, 0.3) is 0 Å². The molecule has 154 valence electrons. The van der Waals surface area contributed by atoms with Gasteiger partial charge in [-0.05, 0) is 54.1 Å². The summed E-state index contributed by atoms with van der Waals surface area (Å²) in [6.45, 7) is 0. The van der Waals surface area contributed by atoms with Gasteiger partial charge in [0.1, 0.15) is 11.6 Å². The van der Waals surface area contributed by atoms with E-state index in [4.69, 9.17) is 14.7 Å². The van der Waals surface area contributed by atoms with Crippen molar-refractivity contribution < 1.29 is 4.74 Å². The highest BCUT2D eigenvalue weighted by atomic mass is 16.5. The molecule has 0 aliphatic carbocycles. The molecule has 1 heterocycles. The van der Waals surface area contributed by atoms with Crippen molar-refractivity contribution in [2.45, 2.75) is 6.42 Å². The molecule has 0 aliphatic rings. The minimum absolute atomic E-state index is 0.600. The fourth-order valence-corrected chi connectivity index (χ4v) is 3.14. The number of benzene rings is 3. The van der Waals surface area contributed by atoms with Crippen LogP contribution in [0.1, 0.15) is 11.3 Å². The van der Waals surface area contributed by atoms with Crippen molar-refractivity contribution in [3.63, 3.8) is 0 Å². The Kier molecular flexibility index (Phi) is 6.55. The largest absolute Gasteiger partial charge is 0.497 e. The zero-order valence-corrected chi connectivity index (χ0v) is 17.3. The summed E-state index contributed by atoms with van der Waals surface area (Å²) in [6, 6.07) is 33.7. The van der Waals surface area contributed by atoms with Gasteiger partial charge in [-0.2, -0.15) is 0 Å². The molecule has 0 atom stereocenters. The van der Waals surface area contributed by atoms with E-state index in [9.17, 15) is 0 Å². The molecule has 0 amide bonds. The lowest BCUT2D eigenvalue weighted by Gasteiger charge is -2.13. The first-order valence-electron chi connectivity index (χ1n) is 10.1. The van der Waals surface area contributed by atoms with Gasteiger partial charge in [-0.25, -0.2) is 9.98 Å². The second-order valence-electron chi connectivity index (χ2n) is 6.95. The van der Waals surface area contributed by atoms with Crippen molar-refractivity contribution in [1.82, 2.24) is 4.98 Å². The molecule has 0 saturated carbocycles. The van der Waals surface area contributed by atoms with Crippen LogP contribution in [0.2, 0.25) is 0 Å². The van der Waals surface area contributed by atoms with Crippen molar-refractivity contribution in [3.8, 4) is 5.75 Å². The average molecular weight is 409 g/mol. The molecule has 0 spiro atoms. The van der Waals surface area contributed by atoms with E-state index in [1.54, 1.807) is 7.11 Å². The molecule has 0 saturated heterocycles. The molecule has 0 radical (unpaired) electrons. The molecular formula is C26H24N4O. The second-order valence-corrected chi connectivity index (χ2v) is 6.95. The highest BCUT2D eigenvalue weighted by Gasteiger charge is 2.06. The molecule has 3 aromatic carbocycles. The van der Waals surface area contributed by atoms with E-state index in [-0.39, 0.29) is 0 Å². The van der Waals surface area contributed by atoms with Crippen LogP contribution in [0.15, 0.2) is 108 Å². The molecule has 2 N–H and O–H groups in total. The molecule has 1 aromatic heterocycles. The van der Waals surface area contributed by atoms with E-state index < -0.39 is 0 Å². The Bertz CT molecular complexity index is 1140. The number of anilines is 2. The van der Waals surface area contributed by atoms with Crippen LogP contribution in [0.3, 0.4) is 0 Å². The van der Waals surface area contributed by atoms with Crippen molar-refractivity contribution in [3.05, 3.63) is 114 Å². The summed E-state index contributed by atoms with van der Waals surface area (Å²) in [5.74, 6) is 2.16. The standard InChI is InChI=1S/C26H24N4O/c1-31-24-16-8-10-20(19-24)18-23-15-9-17-25(27-23)30-26(28-21-11-4-2-5-12-21)29-22-13-6-3-7-14-22/h2-17,19H,18H2,1H3,(H2,27,28,29,30). The molecule has 0 aliphatic heterocycles. The Morgan fingerprint density at radius 1 is 0.806 bits per heavy atom. The number of nitrogens with zero attached hydrogens (tertiary/aromatic N) is 2. The number of nitrogens with one attached hydrogen (secondary N) is 2. The first-order valence-corrected chi connectivity index (χ1v) is 10.1. The van der Waals surface area contributed by atoms with Crippen molar-refractivity contribution in [2.75, 3.05) is 17.7 Å². The third-order valence-electron chi connectivity index (χ3n) is 4.61. The second kappa shape index (κ2) is 10.1. The SMILES string of the molecule is COc1cccc(Cc2cccc(NC(=Nc3ccccc3)Nc3ccccc3)n2)c1. The molecule has 0 fully saturated rings. The Morgan fingerprint density at radius 2 is 1.55 bits per heavy atom. The summed E-state index contributed by atoms with van der Waals surface area (Å²) in [7, 11) is 1.68. The number of hydrogen-bond acceptors (Lipinski definition) is 3. The predicted molar refractivity (Wildman–Crippen MR) is 127 cm³/mol. The summed E-state index contributed by atoms with van der Waals surface area (Å²) >= 11 is 0. The van der Waals surface area contributed by atoms with E-state index in [0.717, 1.165) is 34.2 Å². The number of aromatic nitrogens is 1. The summed E-state index contributed by atoms with van der Waals surface area (Å²) in [4.78, 5) is 9.50. The third kappa shape index (κ3) is 5.93. The van der Waals surface area contributed by atoms with Crippen molar-refractivity contribution in [2.24, 2.45) is 4.99 Å². The maximum Gasteiger partial charge on any atom is 0.206 e. The first kappa shape index (κ1) is 20.2. The number of guanidine groups is 1. The van der Waals surface area contributed by atoms with Crippen LogP contribution < -0.4 is 15.4 Å². The van der Waals surface area contributed by atoms with Crippen LogP contribution in [0.5, 0.6) is 5.75 Å². The van der Waals surface area contributed by atoms with Gasteiger partial charge < -0.3 is 15.4 Å². The quantitative estimate of drug-likeness (QED) is 0.308. The highest BCUT2D eigenvalue weighted by molar-refractivity contribution is 6.04. The average Bonchev–Trinajstić information content (AvgIpc) is 2.81. The summed E-state index contributed by atoms with van der Waals surface area (Å²) < 4.78 is 5.33. The van der Waals surface area contributed by atoms with Gasteiger partial charge in [0.15, 0.2) is 0 Å². The van der Waals surface area contributed by atoms with E-state index in [2.05, 4.69) is 16.7 Å². The van der Waals surface area contributed by atoms with Crippen LogP contribution in [-0.4, -0.2) is 18.1 Å². The minimum atomic E-state index is 0.600. The molecule has 0 unspecified atom stereocenters. The maximum atomic E-state index is 5.33. The lowest BCUT2D eigenvalue weighted by molar-refractivity contribution is 0.414. The van der Waals surface area contributed by atoms with Crippen LogP contribution in [0, 0.1) is 0 Å². The summed E-state index contributed by atoms with van der Waals surface area (Å²) in [5, 5.41) is 6.67. The van der Waals surface area contributed by atoms with Crippen molar-refractivity contribution in [1.29, 1.82) is 0 Å². The van der Waals surface area contributed by atoms with Crippen molar-refractivity contribution >= 4 is 23.2 Å². The number of methoxy groups -OCH3 is 1. The van der Waals surface area contributed by atoms with E-state index in [0.29, 0.717) is 12.4 Å². The van der Waals surface area contributed by atoms with E-state index in [1.165, 1.54) is 0 Å². The first-order chi connectivity index (χ1) is 15.3. The monoisotopic (exact) mass is 408 g/mol. The fraction of sp³-hybridized carbons (Fsp3) is 0.0769. The van der Waals surface area contributed by atoms with Crippen LogP contribution in [-0.2, 0) is 6.42 Å². The molecule has 31 heavy (non-hydrogen) atoms. The topological polar surface area (TPSA) is 58.5 Å². The zero-order chi connectivity index (χ0) is 21.3. The number of pyridine rings is 1. The molecular weight excluding hydrogens is 384 g/mol. The number of aliphatic imine (C=N–C) groups is 1. The number of ether oxygens (including phenoxy) is 1. The number of rotatable bonds is 6. The summed E-state index contributed by atoms with van der Waals surface area (Å²) in [5.41, 5.74) is 3.89. The normalized spacial score (nSPS) is 11.1. The molecule has 4 aromatic rings. The Labute approximate surface area is 182 Å². The van der Waals surface area contributed by atoms with Gasteiger partial charge >= 0.3 is 0 Å². The summed E-state index contributed by atoms with van der Waals surface area (Å²) in [6.07, 6.45) is 0.712. The molecule has 4 rings (SSSR count). The smallest absolute Gasteiger partial charge is 0.206 e. The van der Waals surface area contributed by atoms with Gasteiger partial charge in [-0.1, -0.05) is 54.6 Å². The van der Waals surface area contributed by atoms with Gasteiger partial charge in [-0.3, -0.25) is 0 Å². The lowest BCUT2D eigenvalue weighted by Crippen LogP contribution is -2.22. The minimum Gasteiger partial charge on any atom is -0.497 e. The Morgan fingerprint density at radius 3 is 2.32 bits per heavy atom. The Hall–Kier alpha value is -4.12. The van der Waals surface area contributed by atoms with Gasteiger partial charge in [0.2, 0.25) is 5.96 Å². The van der Waals surface area contributed by atoms with Crippen LogP contribution in [0.25, 0.3) is 0 Å². The van der Waals surface area contributed by atoms with Crippen LogP contribution in [0.4, 0.5) is 17.2 Å². The Balaban J connectivity index is 1.56. The number of para-hydroxylation sites is 2. The van der Waals surface area contributed by atoms with Gasteiger partial charge in [-0.15, -0.1) is 0 Å². The van der Waals surface area contributed by atoms with E-state index >= 15 is 0 Å². The number of hydrogen-bond donors (Lipinski definition) is 2. The van der Waals surface area contributed by atoms with Gasteiger partial charge in [0.05, 0.1) is 12.8 Å². The molecule has 5 nitrogen and oxygen atoms in total. The third-order valence-corrected chi connectivity index (χ3v) is 4.61. The molecule has 5 heteroatoms. The lowest BCUT2D eigenvalue weighted by atomic mass is 10.1. The highest BCUT2D eigenvalue weighted by Crippen LogP contribution is 2.17. The maximum absolute atomic E-state index is 5.33.